The molecule has 0 aromatic heterocycles. The van der Waals surface area contributed by atoms with E-state index in [9.17, 15) is 9.59 Å². The van der Waals surface area contributed by atoms with Gasteiger partial charge < -0.3 is 14.7 Å². The Morgan fingerprint density at radius 2 is 2.17 bits per heavy atom. The summed E-state index contributed by atoms with van der Waals surface area (Å²) in [6.45, 7) is 0.925. The molecule has 0 spiro atoms. The van der Waals surface area contributed by atoms with E-state index < -0.39 is 11.9 Å². The van der Waals surface area contributed by atoms with Gasteiger partial charge in [0.15, 0.2) is 0 Å². The Bertz CT molecular complexity index is 613. The number of hydrogen-bond donors (Lipinski definition) is 1. The molecule has 1 saturated heterocycles. The van der Waals surface area contributed by atoms with E-state index in [1.54, 1.807) is 12.0 Å². The molecule has 2 aliphatic rings. The monoisotopic (exact) mass is 317 g/mol. The van der Waals surface area contributed by atoms with Crippen LogP contribution in [-0.4, -0.2) is 42.1 Å². The molecule has 0 radical (unpaired) electrons. The molecule has 1 amide bonds. The van der Waals surface area contributed by atoms with Crippen molar-refractivity contribution in [2.75, 3.05) is 20.2 Å². The highest BCUT2D eigenvalue weighted by atomic mass is 16.5. The van der Waals surface area contributed by atoms with Crippen molar-refractivity contribution in [1.29, 1.82) is 0 Å². The molecule has 1 fully saturated rings. The Hall–Kier alpha value is -2.04. The van der Waals surface area contributed by atoms with Crippen LogP contribution in [0.3, 0.4) is 0 Å². The SMILES string of the molecule is COc1ccc2c(c1)CCC[C@@H]2CC(=O)N1CC[C@H](C(=O)O)C1. The van der Waals surface area contributed by atoms with Gasteiger partial charge in [-0.2, -0.15) is 0 Å². The van der Waals surface area contributed by atoms with Gasteiger partial charge in [0, 0.05) is 19.5 Å². The van der Waals surface area contributed by atoms with Crippen molar-refractivity contribution in [3.05, 3.63) is 29.3 Å². The van der Waals surface area contributed by atoms with Gasteiger partial charge in [-0.15, -0.1) is 0 Å². The third-order valence-electron chi connectivity index (χ3n) is 5.10. The van der Waals surface area contributed by atoms with Crippen LogP contribution in [0.4, 0.5) is 0 Å². The first-order chi connectivity index (χ1) is 11.1. The maximum Gasteiger partial charge on any atom is 0.308 e. The maximum absolute atomic E-state index is 12.5. The smallest absolute Gasteiger partial charge is 0.308 e. The molecule has 0 bridgehead atoms. The van der Waals surface area contributed by atoms with Crippen LogP contribution in [0.25, 0.3) is 0 Å². The maximum atomic E-state index is 12.5. The number of aryl methyl sites for hydroxylation is 1. The van der Waals surface area contributed by atoms with Crippen molar-refractivity contribution in [2.45, 2.75) is 38.0 Å². The number of ether oxygens (including phenoxy) is 1. The van der Waals surface area contributed by atoms with E-state index in [0.29, 0.717) is 25.9 Å². The minimum atomic E-state index is -0.796. The fraction of sp³-hybridized carbons (Fsp3) is 0.556. The number of methoxy groups -OCH3 is 1. The highest BCUT2D eigenvalue weighted by Crippen LogP contribution is 2.36. The van der Waals surface area contributed by atoms with Gasteiger partial charge in [-0.05, 0) is 54.9 Å². The van der Waals surface area contributed by atoms with Crippen molar-refractivity contribution in [3.63, 3.8) is 0 Å². The number of benzene rings is 1. The largest absolute Gasteiger partial charge is 0.497 e. The number of rotatable bonds is 4. The molecule has 1 aromatic rings. The first-order valence-corrected chi connectivity index (χ1v) is 8.26. The van der Waals surface area contributed by atoms with Gasteiger partial charge in [-0.1, -0.05) is 6.07 Å². The summed E-state index contributed by atoms with van der Waals surface area (Å²) < 4.78 is 5.28. The Kier molecular flexibility index (Phi) is 4.55. The molecule has 5 nitrogen and oxygen atoms in total. The van der Waals surface area contributed by atoms with Crippen LogP contribution in [-0.2, 0) is 16.0 Å². The van der Waals surface area contributed by atoms with Crippen molar-refractivity contribution >= 4 is 11.9 Å². The summed E-state index contributed by atoms with van der Waals surface area (Å²) in [5.41, 5.74) is 2.53. The highest BCUT2D eigenvalue weighted by molar-refractivity contribution is 5.79. The van der Waals surface area contributed by atoms with Crippen LogP contribution in [0, 0.1) is 5.92 Å². The van der Waals surface area contributed by atoms with Gasteiger partial charge in [0.05, 0.1) is 13.0 Å². The molecule has 23 heavy (non-hydrogen) atoms. The summed E-state index contributed by atoms with van der Waals surface area (Å²) in [6, 6.07) is 6.11. The van der Waals surface area contributed by atoms with Crippen molar-refractivity contribution in [3.8, 4) is 5.75 Å². The second kappa shape index (κ2) is 6.60. The molecule has 1 aliphatic heterocycles. The molecule has 1 aliphatic carbocycles. The standard InChI is InChI=1S/C18H23NO4/c1-23-15-5-6-16-12(9-15)3-2-4-13(16)10-17(20)19-8-7-14(11-19)18(21)22/h5-6,9,13-14H,2-4,7-8,10-11H2,1H3,(H,21,22)/t13-,14+/m1/s1. The fourth-order valence-electron chi connectivity index (χ4n) is 3.76. The molecule has 1 heterocycles. The average molecular weight is 317 g/mol. The van der Waals surface area contributed by atoms with E-state index in [2.05, 4.69) is 12.1 Å². The van der Waals surface area contributed by atoms with Crippen LogP contribution in [0.15, 0.2) is 18.2 Å². The van der Waals surface area contributed by atoms with Crippen LogP contribution in [0.1, 0.15) is 42.7 Å². The third kappa shape index (κ3) is 3.33. The summed E-state index contributed by atoms with van der Waals surface area (Å²) >= 11 is 0. The van der Waals surface area contributed by atoms with E-state index in [1.807, 2.05) is 6.07 Å². The lowest BCUT2D eigenvalue weighted by atomic mass is 9.80. The molecule has 2 atom stereocenters. The summed E-state index contributed by atoms with van der Waals surface area (Å²) in [5, 5.41) is 9.06. The predicted octanol–water partition coefficient (Wildman–Crippen LogP) is 2.44. The van der Waals surface area contributed by atoms with E-state index in [-0.39, 0.29) is 11.8 Å². The van der Waals surface area contributed by atoms with Crippen LogP contribution < -0.4 is 4.74 Å². The number of carboxylic acid groups (broad SMARTS) is 1. The lowest BCUT2D eigenvalue weighted by molar-refractivity contribution is -0.141. The molecule has 124 valence electrons. The number of nitrogens with zero attached hydrogens (tertiary/aromatic N) is 1. The van der Waals surface area contributed by atoms with Gasteiger partial charge in [0.25, 0.3) is 0 Å². The summed E-state index contributed by atoms with van der Waals surface area (Å²) in [7, 11) is 1.66. The van der Waals surface area contributed by atoms with E-state index in [0.717, 1.165) is 25.0 Å². The Morgan fingerprint density at radius 1 is 1.35 bits per heavy atom. The summed E-state index contributed by atoms with van der Waals surface area (Å²) in [6.07, 6.45) is 4.17. The number of hydrogen-bond acceptors (Lipinski definition) is 3. The average Bonchev–Trinajstić information content (AvgIpc) is 3.05. The zero-order valence-corrected chi connectivity index (χ0v) is 13.5. The zero-order chi connectivity index (χ0) is 16.4. The minimum absolute atomic E-state index is 0.0856. The number of carbonyl (C=O) groups excluding carboxylic acids is 1. The van der Waals surface area contributed by atoms with Crippen LogP contribution in [0.2, 0.25) is 0 Å². The number of amides is 1. The minimum Gasteiger partial charge on any atom is -0.497 e. The lowest BCUT2D eigenvalue weighted by Gasteiger charge is -2.27. The number of fused-ring (bicyclic) bond motifs is 1. The number of carbonyl (C=O) groups is 2. The second-order valence-corrected chi connectivity index (χ2v) is 6.52. The molecule has 0 unspecified atom stereocenters. The van der Waals surface area contributed by atoms with Crippen molar-refractivity contribution in [2.24, 2.45) is 5.92 Å². The normalized spacial score (nSPS) is 23.4. The lowest BCUT2D eigenvalue weighted by Crippen LogP contribution is -2.31. The zero-order valence-electron chi connectivity index (χ0n) is 13.5. The predicted molar refractivity (Wildman–Crippen MR) is 85.6 cm³/mol. The number of likely N-dealkylation sites (tertiary alicyclic amines) is 1. The number of aliphatic carboxylic acids is 1. The highest BCUT2D eigenvalue weighted by Gasteiger charge is 2.32. The van der Waals surface area contributed by atoms with Crippen LogP contribution in [0.5, 0.6) is 5.75 Å². The van der Waals surface area contributed by atoms with Gasteiger partial charge in [-0.3, -0.25) is 9.59 Å². The fourth-order valence-corrected chi connectivity index (χ4v) is 3.76. The van der Waals surface area contributed by atoms with Gasteiger partial charge >= 0.3 is 5.97 Å². The van der Waals surface area contributed by atoms with Crippen molar-refractivity contribution in [1.82, 2.24) is 4.90 Å². The Morgan fingerprint density at radius 3 is 2.87 bits per heavy atom. The van der Waals surface area contributed by atoms with Crippen LogP contribution >= 0.6 is 0 Å². The Balaban J connectivity index is 1.68. The van der Waals surface area contributed by atoms with Crippen molar-refractivity contribution < 1.29 is 19.4 Å². The Labute approximate surface area is 136 Å². The first kappa shape index (κ1) is 15.8. The van der Waals surface area contributed by atoms with E-state index >= 15 is 0 Å². The molecule has 1 N–H and O–H groups in total. The third-order valence-corrected chi connectivity index (χ3v) is 5.10. The molecule has 1 aromatic carbocycles. The van der Waals surface area contributed by atoms with E-state index in [4.69, 9.17) is 9.84 Å². The number of carboxylic acids is 1. The molecule has 3 rings (SSSR count). The molecular weight excluding hydrogens is 294 g/mol. The summed E-state index contributed by atoms with van der Waals surface area (Å²) in [4.78, 5) is 25.3. The van der Waals surface area contributed by atoms with E-state index in [1.165, 1.54) is 11.1 Å². The topological polar surface area (TPSA) is 66.8 Å². The first-order valence-electron chi connectivity index (χ1n) is 8.26. The van der Waals surface area contributed by atoms with Gasteiger partial charge in [0.1, 0.15) is 5.75 Å². The van der Waals surface area contributed by atoms with Gasteiger partial charge in [-0.25, -0.2) is 0 Å². The van der Waals surface area contributed by atoms with Gasteiger partial charge in [0.2, 0.25) is 5.91 Å². The molecule has 5 heteroatoms. The molecular formula is C18H23NO4. The molecule has 0 saturated carbocycles. The quantitative estimate of drug-likeness (QED) is 0.926. The second-order valence-electron chi connectivity index (χ2n) is 6.52. The summed E-state index contributed by atoms with van der Waals surface area (Å²) in [5.74, 6) is -0.0136.